The lowest BCUT2D eigenvalue weighted by Gasteiger charge is -2.30. The van der Waals surface area contributed by atoms with E-state index < -0.39 is 0 Å². The van der Waals surface area contributed by atoms with Crippen molar-refractivity contribution in [3.63, 3.8) is 0 Å². The number of likely N-dealkylation sites (N-methyl/N-ethyl adjacent to an activating group) is 1. The normalized spacial score (nSPS) is 20.6. The van der Waals surface area contributed by atoms with Crippen LogP contribution in [-0.2, 0) is 4.79 Å². The molecule has 2 aliphatic rings. The van der Waals surface area contributed by atoms with Crippen molar-refractivity contribution in [3.05, 3.63) is 0 Å². The first-order valence-corrected chi connectivity index (χ1v) is 7.42. The molecule has 0 unspecified atom stereocenters. The van der Waals surface area contributed by atoms with Crippen molar-refractivity contribution < 1.29 is 4.79 Å². The van der Waals surface area contributed by atoms with Gasteiger partial charge in [0.2, 0.25) is 5.91 Å². The van der Waals surface area contributed by atoms with Crippen molar-refractivity contribution >= 4 is 5.91 Å². The number of hydrogen-bond donors (Lipinski definition) is 1. The Morgan fingerprint density at radius 3 is 2.39 bits per heavy atom. The van der Waals surface area contributed by atoms with E-state index in [1.165, 1.54) is 38.5 Å². The van der Waals surface area contributed by atoms with Gasteiger partial charge in [-0.3, -0.25) is 9.69 Å². The summed E-state index contributed by atoms with van der Waals surface area (Å²) >= 11 is 0. The standard InChI is InChI=1S/C14H27N3O/c1-16(12-7-8-12)14(18)11-17(10-4-9-15)13-5-2-3-6-13/h12-13H,2-11,15H2,1H3. The first kappa shape index (κ1) is 13.8. The maximum Gasteiger partial charge on any atom is 0.236 e. The summed E-state index contributed by atoms with van der Waals surface area (Å²) in [6.07, 6.45) is 8.52. The minimum Gasteiger partial charge on any atom is -0.342 e. The van der Waals surface area contributed by atoms with E-state index in [0.29, 0.717) is 24.5 Å². The van der Waals surface area contributed by atoms with Crippen LogP contribution in [0.1, 0.15) is 44.9 Å². The van der Waals surface area contributed by atoms with Gasteiger partial charge in [-0.2, -0.15) is 0 Å². The molecule has 2 rings (SSSR count). The average molecular weight is 253 g/mol. The Kier molecular flexibility index (Phi) is 5.01. The molecule has 0 saturated heterocycles. The average Bonchev–Trinajstić information content (AvgIpc) is 3.08. The molecule has 2 fully saturated rings. The highest BCUT2D eigenvalue weighted by molar-refractivity contribution is 5.78. The quantitative estimate of drug-likeness (QED) is 0.742. The predicted octanol–water partition coefficient (Wildman–Crippen LogP) is 1.20. The Labute approximate surface area is 110 Å². The second-order valence-corrected chi connectivity index (χ2v) is 5.79. The number of amides is 1. The second-order valence-electron chi connectivity index (χ2n) is 5.79. The molecule has 0 aromatic heterocycles. The number of carbonyl (C=O) groups is 1. The van der Waals surface area contributed by atoms with Crippen LogP contribution in [-0.4, -0.2) is 54.5 Å². The Morgan fingerprint density at radius 1 is 1.17 bits per heavy atom. The summed E-state index contributed by atoms with van der Waals surface area (Å²) in [5.74, 6) is 0.293. The summed E-state index contributed by atoms with van der Waals surface area (Å²) in [6.45, 7) is 2.29. The third-order valence-corrected chi connectivity index (χ3v) is 4.32. The van der Waals surface area contributed by atoms with Gasteiger partial charge >= 0.3 is 0 Å². The van der Waals surface area contributed by atoms with E-state index in [4.69, 9.17) is 5.73 Å². The van der Waals surface area contributed by atoms with E-state index in [0.717, 1.165) is 19.5 Å². The molecule has 2 saturated carbocycles. The Morgan fingerprint density at radius 2 is 1.83 bits per heavy atom. The van der Waals surface area contributed by atoms with Gasteiger partial charge in [-0.1, -0.05) is 12.8 Å². The van der Waals surface area contributed by atoms with Crippen LogP contribution in [0.5, 0.6) is 0 Å². The molecule has 0 heterocycles. The number of carbonyl (C=O) groups excluding carboxylic acids is 1. The summed E-state index contributed by atoms with van der Waals surface area (Å²) < 4.78 is 0. The van der Waals surface area contributed by atoms with Crippen LogP contribution in [0.15, 0.2) is 0 Å². The summed E-state index contributed by atoms with van der Waals surface area (Å²) in [6, 6.07) is 1.14. The fraction of sp³-hybridized carbons (Fsp3) is 0.929. The molecular weight excluding hydrogens is 226 g/mol. The smallest absolute Gasteiger partial charge is 0.236 e. The SMILES string of the molecule is CN(C(=O)CN(CCCN)C1CCCC1)C1CC1. The lowest BCUT2D eigenvalue weighted by molar-refractivity contribution is -0.132. The molecule has 0 radical (unpaired) electrons. The van der Waals surface area contributed by atoms with Gasteiger partial charge in [0.25, 0.3) is 0 Å². The van der Waals surface area contributed by atoms with Gasteiger partial charge in [0.05, 0.1) is 6.54 Å². The molecule has 104 valence electrons. The van der Waals surface area contributed by atoms with Gasteiger partial charge in [0.15, 0.2) is 0 Å². The molecule has 0 atom stereocenters. The van der Waals surface area contributed by atoms with Crippen molar-refractivity contribution in [3.8, 4) is 0 Å². The highest BCUT2D eigenvalue weighted by Crippen LogP contribution is 2.27. The fourth-order valence-electron chi connectivity index (χ4n) is 2.91. The molecule has 0 bridgehead atoms. The van der Waals surface area contributed by atoms with Crippen LogP contribution in [0.2, 0.25) is 0 Å². The van der Waals surface area contributed by atoms with Gasteiger partial charge < -0.3 is 10.6 Å². The lowest BCUT2D eigenvalue weighted by atomic mass is 10.2. The molecular formula is C14H27N3O. The highest BCUT2D eigenvalue weighted by Gasteiger charge is 2.31. The van der Waals surface area contributed by atoms with Crippen LogP contribution in [0, 0.1) is 0 Å². The third-order valence-electron chi connectivity index (χ3n) is 4.32. The highest BCUT2D eigenvalue weighted by atomic mass is 16.2. The van der Waals surface area contributed by atoms with Gasteiger partial charge in [0.1, 0.15) is 0 Å². The van der Waals surface area contributed by atoms with Crippen LogP contribution < -0.4 is 5.73 Å². The van der Waals surface area contributed by atoms with Crippen molar-refractivity contribution in [1.82, 2.24) is 9.80 Å². The zero-order chi connectivity index (χ0) is 13.0. The van der Waals surface area contributed by atoms with Gasteiger partial charge in [-0.25, -0.2) is 0 Å². The largest absolute Gasteiger partial charge is 0.342 e. The molecule has 4 nitrogen and oxygen atoms in total. The second kappa shape index (κ2) is 6.53. The van der Waals surface area contributed by atoms with Crippen molar-refractivity contribution in [2.45, 2.75) is 57.0 Å². The molecule has 1 amide bonds. The van der Waals surface area contributed by atoms with E-state index in [1.54, 1.807) is 0 Å². The number of hydrogen-bond acceptors (Lipinski definition) is 3. The summed E-state index contributed by atoms with van der Waals surface area (Å²) in [5, 5.41) is 0. The first-order chi connectivity index (χ1) is 8.72. The molecule has 2 N–H and O–H groups in total. The monoisotopic (exact) mass is 253 g/mol. The van der Waals surface area contributed by atoms with Crippen LogP contribution in [0.25, 0.3) is 0 Å². The van der Waals surface area contributed by atoms with Gasteiger partial charge in [-0.15, -0.1) is 0 Å². The fourth-order valence-corrected chi connectivity index (χ4v) is 2.91. The van der Waals surface area contributed by atoms with E-state index >= 15 is 0 Å². The summed E-state index contributed by atoms with van der Waals surface area (Å²) in [5.41, 5.74) is 5.60. The number of rotatable bonds is 7. The number of nitrogens with zero attached hydrogens (tertiary/aromatic N) is 2. The van der Waals surface area contributed by atoms with Gasteiger partial charge in [-0.05, 0) is 38.6 Å². The summed E-state index contributed by atoms with van der Waals surface area (Å²) in [4.78, 5) is 16.5. The van der Waals surface area contributed by atoms with Gasteiger partial charge in [0, 0.05) is 25.7 Å². The lowest BCUT2D eigenvalue weighted by Crippen LogP contribution is -2.44. The first-order valence-electron chi connectivity index (χ1n) is 7.42. The van der Waals surface area contributed by atoms with Crippen molar-refractivity contribution in [2.75, 3.05) is 26.7 Å². The Bertz CT molecular complexity index is 272. The molecule has 0 aromatic carbocycles. The topological polar surface area (TPSA) is 49.6 Å². The number of nitrogens with two attached hydrogens (primary N) is 1. The minimum atomic E-state index is 0.293. The Hall–Kier alpha value is -0.610. The maximum atomic E-state index is 12.2. The zero-order valence-electron chi connectivity index (χ0n) is 11.6. The molecule has 18 heavy (non-hydrogen) atoms. The van der Waals surface area contributed by atoms with Crippen molar-refractivity contribution in [2.24, 2.45) is 5.73 Å². The van der Waals surface area contributed by atoms with Crippen LogP contribution in [0.4, 0.5) is 0 Å². The van der Waals surface area contributed by atoms with E-state index in [-0.39, 0.29) is 0 Å². The molecule has 0 spiro atoms. The molecule has 0 aromatic rings. The van der Waals surface area contributed by atoms with E-state index in [9.17, 15) is 4.79 Å². The van der Waals surface area contributed by atoms with Crippen LogP contribution >= 0.6 is 0 Å². The molecule has 0 aliphatic heterocycles. The van der Waals surface area contributed by atoms with E-state index in [1.807, 2.05) is 11.9 Å². The predicted molar refractivity (Wildman–Crippen MR) is 73.3 cm³/mol. The van der Waals surface area contributed by atoms with E-state index in [2.05, 4.69) is 4.90 Å². The summed E-state index contributed by atoms with van der Waals surface area (Å²) in [7, 11) is 1.95. The minimum absolute atomic E-state index is 0.293. The van der Waals surface area contributed by atoms with Crippen LogP contribution in [0.3, 0.4) is 0 Å². The zero-order valence-corrected chi connectivity index (χ0v) is 11.6. The van der Waals surface area contributed by atoms with Crippen molar-refractivity contribution in [1.29, 1.82) is 0 Å². The maximum absolute atomic E-state index is 12.2. The third kappa shape index (κ3) is 3.69. The Balaban J connectivity index is 1.84. The molecule has 4 heteroatoms. The molecule has 2 aliphatic carbocycles.